The number of nitrogens with one attached hydrogen (secondary N) is 1. The molecular weight excluding hydrogens is 243 g/mol. The van der Waals surface area contributed by atoms with Crippen molar-refractivity contribution in [2.75, 3.05) is 0 Å². The van der Waals surface area contributed by atoms with E-state index in [4.69, 9.17) is 29.0 Å². The number of rotatable bonds is 5. The average molecular weight is 259 g/mol. The highest BCUT2D eigenvalue weighted by molar-refractivity contribution is 6.34. The molecule has 0 aromatic heterocycles. The van der Waals surface area contributed by atoms with Crippen molar-refractivity contribution in [3.63, 3.8) is 0 Å². The molecule has 4 heteroatoms. The maximum absolute atomic E-state index is 5.95. The van der Waals surface area contributed by atoms with Gasteiger partial charge in [-0.2, -0.15) is 0 Å². The van der Waals surface area contributed by atoms with Gasteiger partial charge in [0, 0.05) is 16.1 Å². The zero-order chi connectivity index (χ0) is 12.1. The van der Waals surface area contributed by atoms with E-state index >= 15 is 0 Å². The fraction of sp³-hybridized carbons (Fsp3) is 0.333. The summed E-state index contributed by atoms with van der Waals surface area (Å²) < 4.78 is 0. The number of benzene rings is 1. The summed E-state index contributed by atoms with van der Waals surface area (Å²) in [5.74, 6) is 5.53. The van der Waals surface area contributed by atoms with E-state index in [0.717, 1.165) is 24.0 Å². The van der Waals surface area contributed by atoms with Gasteiger partial charge in [-0.15, -0.1) is 0 Å². The predicted octanol–water partition coefficient (Wildman–Crippen LogP) is 3.85. The van der Waals surface area contributed by atoms with Gasteiger partial charge in [0.05, 0.1) is 0 Å². The highest BCUT2D eigenvalue weighted by Gasteiger charge is 2.12. The second-order valence-corrected chi connectivity index (χ2v) is 4.60. The van der Waals surface area contributed by atoms with Crippen LogP contribution < -0.4 is 11.3 Å². The Balaban J connectivity index is 2.90. The summed E-state index contributed by atoms with van der Waals surface area (Å²) >= 11 is 11.9. The van der Waals surface area contributed by atoms with Crippen LogP contribution in [0.25, 0.3) is 0 Å². The average Bonchev–Trinajstić information content (AvgIpc) is 2.24. The number of hydrazine groups is 1. The van der Waals surface area contributed by atoms with Crippen LogP contribution in [0.5, 0.6) is 0 Å². The van der Waals surface area contributed by atoms with Gasteiger partial charge in [-0.3, -0.25) is 11.3 Å². The van der Waals surface area contributed by atoms with Gasteiger partial charge in [0.2, 0.25) is 0 Å². The molecule has 2 nitrogen and oxygen atoms in total. The first-order valence-electron chi connectivity index (χ1n) is 5.15. The molecule has 1 rings (SSSR count). The van der Waals surface area contributed by atoms with E-state index in [2.05, 4.69) is 18.9 Å². The smallest absolute Gasteiger partial charge is 0.0498 e. The van der Waals surface area contributed by atoms with Crippen molar-refractivity contribution in [3.8, 4) is 0 Å². The van der Waals surface area contributed by atoms with Crippen LogP contribution >= 0.6 is 23.2 Å². The molecule has 0 amide bonds. The van der Waals surface area contributed by atoms with Crippen molar-refractivity contribution in [2.24, 2.45) is 5.84 Å². The second-order valence-electron chi connectivity index (χ2n) is 3.73. The summed E-state index contributed by atoms with van der Waals surface area (Å²) in [7, 11) is 0. The van der Waals surface area contributed by atoms with Crippen LogP contribution in [0.15, 0.2) is 30.4 Å². The molecular formula is C12H16Cl2N2. The van der Waals surface area contributed by atoms with Crippen LogP contribution in [0, 0.1) is 0 Å². The summed E-state index contributed by atoms with van der Waals surface area (Å²) in [4.78, 5) is 0. The Labute approximate surface area is 106 Å². The lowest BCUT2D eigenvalue weighted by molar-refractivity contribution is 0.545. The molecule has 0 heterocycles. The summed E-state index contributed by atoms with van der Waals surface area (Å²) in [5.41, 5.74) is 4.88. The molecule has 16 heavy (non-hydrogen) atoms. The Morgan fingerprint density at radius 1 is 1.38 bits per heavy atom. The van der Waals surface area contributed by atoms with E-state index in [1.54, 1.807) is 6.07 Å². The van der Waals surface area contributed by atoms with Gasteiger partial charge < -0.3 is 0 Å². The minimum absolute atomic E-state index is 0.00338. The van der Waals surface area contributed by atoms with E-state index in [9.17, 15) is 0 Å². The monoisotopic (exact) mass is 258 g/mol. The zero-order valence-corrected chi connectivity index (χ0v) is 10.8. The van der Waals surface area contributed by atoms with E-state index in [0.29, 0.717) is 10.0 Å². The summed E-state index contributed by atoms with van der Waals surface area (Å²) in [5, 5.41) is 1.23. The van der Waals surface area contributed by atoms with Crippen molar-refractivity contribution in [1.82, 2.24) is 5.43 Å². The lowest BCUT2D eigenvalue weighted by atomic mass is 9.99. The first-order chi connectivity index (χ1) is 7.56. The van der Waals surface area contributed by atoms with Gasteiger partial charge >= 0.3 is 0 Å². The van der Waals surface area contributed by atoms with E-state index in [1.807, 2.05) is 12.1 Å². The number of hydrogen-bond donors (Lipinski definition) is 2. The molecule has 1 aromatic carbocycles. The standard InChI is InChI=1S/C12H16Cl2N2/c1-3-8(2)4-12(16-15)9-5-10(13)7-11(14)6-9/h5-7,12,16H,2-4,15H2,1H3. The first kappa shape index (κ1) is 13.5. The lowest BCUT2D eigenvalue weighted by Crippen LogP contribution is -2.28. The van der Waals surface area contributed by atoms with Gasteiger partial charge in [-0.05, 0) is 36.6 Å². The van der Waals surface area contributed by atoms with Gasteiger partial charge in [0.15, 0.2) is 0 Å². The summed E-state index contributed by atoms with van der Waals surface area (Å²) in [6.07, 6.45) is 1.72. The van der Waals surface area contributed by atoms with E-state index < -0.39 is 0 Å². The first-order valence-corrected chi connectivity index (χ1v) is 5.91. The normalized spacial score (nSPS) is 12.5. The molecule has 0 aliphatic rings. The van der Waals surface area contributed by atoms with Crippen LogP contribution in [0.2, 0.25) is 10.0 Å². The molecule has 0 spiro atoms. The Morgan fingerprint density at radius 3 is 2.38 bits per heavy atom. The SMILES string of the molecule is C=C(CC)CC(NN)c1cc(Cl)cc(Cl)c1. The Bertz CT molecular complexity index is 357. The van der Waals surface area contributed by atoms with Gasteiger partial charge in [-0.25, -0.2) is 0 Å². The third-order valence-electron chi connectivity index (χ3n) is 2.48. The molecule has 0 fully saturated rings. The third-order valence-corrected chi connectivity index (χ3v) is 2.92. The minimum Gasteiger partial charge on any atom is -0.271 e. The zero-order valence-electron chi connectivity index (χ0n) is 9.26. The maximum Gasteiger partial charge on any atom is 0.0498 e. The Kier molecular flexibility index (Phi) is 5.29. The molecule has 0 radical (unpaired) electrons. The lowest BCUT2D eigenvalue weighted by Gasteiger charge is -2.17. The van der Waals surface area contributed by atoms with Gasteiger partial charge in [-0.1, -0.05) is 42.3 Å². The molecule has 1 unspecified atom stereocenters. The largest absolute Gasteiger partial charge is 0.271 e. The fourth-order valence-corrected chi connectivity index (χ4v) is 2.03. The molecule has 88 valence electrons. The Hall–Kier alpha value is -0.540. The molecule has 0 aliphatic carbocycles. The van der Waals surface area contributed by atoms with Crippen molar-refractivity contribution in [2.45, 2.75) is 25.8 Å². The molecule has 0 aliphatic heterocycles. The molecule has 3 N–H and O–H groups in total. The van der Waals surface area contributed by atoms with Crippen LogP contribution in [0.1, 0.15) is 31.4 Å². The number of hydrogen-bond acceptors (Lipinski definition) is 2. The van der Waals surface area contributed by atoms with Crippen molar-refractivity contribution >= 4 is 23.2 Å². The van der Waals surface area contributed by atoms with E-state index in [-0.39, 0.29) is 6.04 Å². The van der Waals surface area contributed by atoms with Crippen LogP contribution in [-0.4, -0.2) is 0 Å². The molecule has 1 aromatic rings. The van der Waals surface area contributed by atoms with Crippen molar-refractivity contribution in [1.29, 1.82) is 0 Å². The second kappa shape index (κ2) is 6.26. The minimum atomic E-state index is 0.00338. The molecule has 0 saturated heterocycles. The predicted molar refractivity (Wildman–Crippen MR) is 70.6 cm³/mol. The number of halogens is 2. The Morgan fingerprint density at radius 2 is 1.94 bits per heavy atom. The van der Waals surface area contributed by atoms with Crippen LogP contribution in [-0.2, 0) is 0 Å². The third kappa shape index (κ3) is 3.80. The summed E-state index contributed by atoms with van der Waals surface area (Å²) in [6, 6.07) is 5.43. The molecule has 0 bridgehead atoms. The number of nitrogens with two attached hydrogens (primary N) is 1. The van der Waals surface area contributed by atoms with Crippen molar-refractivity contribution < 1.29 is 0 Å². The van der Waals surface area contributed by atoms with Crippen LogP contribution in [0.3, 0.4) is 0 Å². The molecule has 0 saturated carbocycles. The quantitative estimate of drug-likeness (QED) is 0.478. The summed E-state index contributed by atoms with van der Waals surface area (Å²) in [6.45, 7) is 6.04. The fourth-order valence-electron chi connectivity index (χ4n) is 1.48. The van der Waals surface area contributed by atoms with Crippen molar-refractivity contribution in [3.05, 3.63) is 46.0 Å². The van der Waals surface area contributed by atoms with Crippen LogP contribution in [0.4, 0.5) is 0 Å². The highest BCUT2D eigenvalue weighted by Crippen LogP contribution is 2.27. The van der Waals surface area contributed by atoms with Gasteiger partial charge in [0.1, 0.15) is 0 Å². The topological polar surface area (TPSA) is 38.0 Å². The maximum atomic E-state index is 5.95. The van der Waals surface area contributed by atoms with E-state index in [1.165, 1.54) is 0 Å². The molecule has 1 atom stereocenters. The van der Waals surface area contributed by atoms with Gasteiger partial charge in [0.25, 0.3) is 0 Å². The highest BCUT2D eigenvalue weighted by atomic mass is 35.5.